The Bertz CT molecular complexity index is 790. The van der Waals surface area contributed by atoms with Gasteiger partial charge in [0.15, 0.2) is 0 Å². The Balaban J connectivity index is 2.08. The summed E-state index contributed by atoms with van der Waals surface area (Å²) >= 11 is 0. The minimum Gasteiger partial charge on any atom is -0.379 e. The van der Waals surface area contributed by atoms with Gasteiger partial charge in [-0.25, -0.2) is 0 Å². The average Bonchev–Trinajstić information content (AvgIpc) is 2.59. The number of benzene rings is 2. The van der Waals surface area contributed by atoms with E-state index in [-0.39, 0.29) is 4.90 Å². The van der Waals surface area contributed by atoms with Gasteiger partial charge in [-0.2, -0.15) is 8.42 Å². The third-order valence-electron chi connectivity index (χ3n) is 5.09. The molecule has 2 unspecified atom stereocenters. The van der Waals surface area contributed by atoms with E-state index in [4.69, 9.17) is 4.18 Å². The second-order valence-electron chi connectivity index (χ2n) is 7.47. The summed E-state index contributed by atoms with van der Waals surface area (Å²) in [4.78, 5) is 0.170. The van der Waals surface area contributed by atoms with Crippen molar-refractivity contribution in [3.63, 3.8) is 0 Å². The first-order valence-corrected chi connectivity index (χ1v) is 10.7. The standard InChI is InChI=1S/C22H30O3S/c1-6-19(16(2)3)15-18(5)20-9-11-21(12-10-20)25-26(23,24)22-13-7-17(4)8-14-22/h7-14,16,18-19H,6,15H2,1-5H3. The molecular weight excluding hydrogens is 344 g/mol. The van der Waals surface area contributed by atoms with E-state index in [1.807, 2.05) is 19.1 Å². The summed E-state index contributed by atoms with van der Waals surface area (Å²) in [6.45, 7) is 10.9. The number of hydrogen-bond acceptors (Lipinski definition) is 3. The van der Waals surface area contributed by atoms with E-state index in [0.29, 0.717) is 23.5 Å². The molecule has 2 aromatic rings. The molecule has 0 fully saturated rings. The van der Waals surface area contributed by atoms with E-state index in [0.717, 1.165) is 12.0 Å². The van der Waals surface area contributed by atoms with Crippen molar-refractivity contribution >= 4 is 10.1 Å². The molecule has 4 heteroatoms. The molecule has 0 N–H and O–H groups in total. The molecule has 0 saturated heterocycles. The van der Waals surface area contributed by atoms with Gasteiger partial charge in [-0.3, -0.25) is 0 Å². The third-order valence-corrected chi connectivity index (χ3v) is 6.35. The van der Waals surface area contributed by atoms with Crippen molar-refractivity contribution in [1.82, 2.24) is 0 Å². The van der Waals surface area contributed by atoms with Crippen LogP contribution in [-0.4, -0.2) is 8.42 Å². The summed E-state index contributed by atoms with van der Waals surface area (Å²) in [5.41, 5.74) is 2.22. The molecule has 0 aromatic heterocycles. The van der Waals surface area contributed by atoms with Gasteiger partial charge in [0.1, 0.15) is 10.6 Å². The Labute approximate surface area is 158 Å². The van der Waals surface area contributed by atoms with Gasteiger partial charge in [-0.15, -0.1) is 0 Å². The van der Waals surface area contributed by atoms with Crippen molar-refractivity contribution in [3.05, 3.63) is 59.7 Å². The van der Waals surface area contributed by atoms with Gasteiger partial charge >= 0.3 is 10.1 Å². The van der Waals surface area contributed by atoms with Crippen LogP contribution in [0.1, 0.15) is 57.6 Å². The third kappa shape index (κ3) is 5.34. The van der Waals surface area contributed by atoms with Crippen molar-refractivity contribution in [2.24, 2.45) is 11.8 Å². The Morgan fingerprint density at radius 3 is 2.00 bits per heavy atom. The molecule has 0 saturated carbocycles. The summed E-state index contributed by atoms with van der Waals surface area (Å²) in [6.07, 6.45) is 2.31. The molecule has 0 bridgehead atoms. The summed E-state index contributed by atoms with van der Waals surface area (Å²) < 4.78 is 30.0. The van der Waals surface area contributed by atoms with Crippen LogP contribution in [0.2, 0.25) is 0 Å². The lowest BCUT2D eigenvalue weighted by atomic mass is 9.83. The van der Waals surface area contributed by atoms with Gasteiger partial charge in [0, 0.05) is 0 Å². The Hall–Kier alpha value is -1.81. The summed E-state index contributed by atoms with van der Waals surface area (Å²) in [5, 5.41) is 0. The monoisotopic (exact) mass is 374 g/mol. The molecule has 0 aliphatic carbocycles. The maximum Gasteiger partial charge on any atom is 0.339 e. The number of aryl methyl sites for hydroxylation is 1. The van der Waals surface area contributed by atoms with Crippen LogP contribution < -0.4 is 4.18 Å². The normalized spacial score (nSPS) is 14.2. The van der Waals surface area contributed by atoms with E-state index in [9.17, 15) is 8.42 Å². The SMILES string of the molecule is CCC(CC(C)c1ccc(OS(=O)(=O)c2ccc(C)cc2)cc1)C(C)C. The van der Waals surface area contributed by atoms with E-state index in [2.05, 4.69) is 27.7 Å². The molecule has 0 radical (unpaired) electrons. The predicted molar refractivity (Wildman–Crippen MR) is 107 cm³/mol. The predicted octanol–water partition coefficient (Wildman–Crippen LogP) is 5.94. The van der Waals surface area contributed by atoms with Crippen LogP contribution in [0.3, 0.4) is 0 Å². The highest BCUT2D eigenvalue weighted by Crippen LogP contribution is 2.30. The van der Waals surface area contributed by atoms with Crippen LogP contribution in [-0.2, 0) is 10.1 Å². The van der Waals surface area contributed by atoms with Crippen LogP contribution in [0.5, 0.6) is 5.75 Å². The first kappa shape index (κ1) is 20.5. The minimum absolute atomic E-state index is 0.170. The highest BCUT2D eigenvalue weighted by atomic mass is 32.2. The smallest absolute Gasteiger partial charge is 0.339 e. The fraction of sp³-hybridized carbons (Fsp3) is 0.455. The van der Waals surface area contributed by atoms with Gasteiger partial charge < -0.3 is 4.18 Å². The molecule has 2 atom stereocenters. The molecule has 2 rings (SSSR count). The van der Waals surface area contributed by atoms with E-state index in [1.165, 1.54) is 12.0 Å². The molecule has 3 nitrogen and oxygen atoms in total. The molecule has 26 heavy (non-hydrogen) atoms. The maximum absolute atomic E-state index is 12.4. The molecule has 0 spiro atoms. The Morgan fingerprint density at radius 2 is 1.50 bits per heavy atom. The zero-order valence-corrected chi connectivity index (χ0v) is 17.2. The van der Waals surface area contributed by atoms with E-state index in [1.54, 1.807) is 36.4 Å². The van der Waals surface area contributed by atoms with Crippen LogP contribution >= 0.6 is 0 Å². The Morgan fingerprint density at radius 1 is 0.923 bits per heavy atom. The number of hydrogen-bond donors (Lipinski definition) is 0. The zero-order valence-electron chi connectivity index (χ0n) is 16.4. The first-order valence-electron chi connectivity index (χ1n) is 9.34. The molecule has 0 aliphatic rings. The largest absolute Gasteiger partial charge is 0.379 e. The number of rotatable bonds is 8. The van der Waals surface area contributed by atoms with Crippen LogP contribution in [0.25, 0.3) is 0 Å². The van der Waals surface area contributed by atoms with Crippen molar-refractivity contribution in [2.45, 2.75) is 58.3 Å². The average molecular weight is 375 g/mol. The molecule has 2 aromatic carbocycles. The quantitative estimate of drug-likeness (QED) is 0.537. The topological polar surface area (TPSA) is 43.4 Å². The fourth-order valence-corrected chi connectivity index (χ4v) is 4.16. The highest BCUT2D eigenvalue weighted by molar-refractivity contribution is 7.87. The molecule has 0 heterocycles. The molecule has 0 amide bonds. The second-order valence-corrected chi connectivity index (χ2v) is 9.01. The zero-order chi connectivity index (χ0) is 19.3. The fourth-order valence-electron chi connectivity index (χ4n) is 3.23. The lowest BCUT2D eigenvalue weighted by molar-refractivity contribution is 0.329. The van der Waals surface area contributed by atoms with Crippen LogP contribution in [0.15, 0.2) is 53.4 Å². The second kappa shape index (κ2) is 8.72. The van der Waals surface area contributed by atoms with Gasteiger partial charge in [0.25, 0.3) is 0 Å². The molecule has 142 valence electrons. The van der Waals surface area contributed by atoms with Crippen LogP contribution in [0, 0.1) is 18.8 Å². The van der Waals surface area contributed by atoms with Gasteiger partial charge in [0.2, 0.25) is 0 Å². The first-order chi connectivity index (χ1) is 12.2. The molecular formula is C22H30O3S. The van der Waals surface area contributed by atoms with E-state index >= 15 is 0 Å². The van der Waals surface area contributed by atoms with Gasteiger partial charge in [-0.05, 0) is 60.9 Å². The van der Waals surface area contributed by atoms with Crippen LogP contribution in [0.4, 0.5) is 0 Å². The molecule has 0 aliphatic heterocycles. The van der Waals surface area contributed by atoms with Crippen molar-refractivity contribution in [1.29, 1.82) is 0 Å². The summed E-state index contributed by atoms with van der Waals surface area (Å²) in [6, 6.07) is 14.1. The van der Waals surface area contributed by atoms with Crippen molar-refractivity contribution in [2.75, 3.05) is 0 Å². The van der Waals surface area contributed by atoms with Crippen molar-refractivity contribution in [3.8, 4) is 5.75 Å². The lowest BCUT2D eigenvalue weighted by Crippen LogP contribution is -2.11. The van der Waals surface area contributed by atoms with Gasteiger partial charge in [-0.1, -0.05) is 63.9 Å². The van der Waals surface area contributed by atoms with Gasteiger partial charge in [0.05, 0.1) is 0 Å². The highest BCUT2D eigenvalue weighted by Gasteiger charge is 2.18. The lowest BCUT2D eigenvalue weighted by Gasteiger charge is -2.23. The minimum atomic E-state index is -3.80. The Kier molecular flexibility index (Phi) is 6.87. The van der Waals surface area contributed by atoms with E-state index < -0.39 is 10.1 Å². The summed E-state index contributed by atoms with van der Waals surface area (Å²) in [5.74, 6) is 2.15. The van der Waals surface area contributed by atoms with Crippen molar-refractivity contribution < 1.29 is 12.6 Å². The summed E-state index contributed by atoms with van der Waals surface area (Å²) in [7, 11) is -3.80. The maximum atomic E-state index is 12.4.